The molecule has 2 aromatic carbocycles. The molecule has 0 saturated carbocycles. The fourth-order valence-corrected chi connectivity index (χ4v) is 3.42. The SMILES string of the molecule is CCN(C(=O)C(C)Sc1nnc(-c2ccccc2C)o1)c1ccccc1. The summed E-state index contributed by atoms with van der Waals surface area (Å²) in [6.45, 7) is 6.42. The largest absolute Gasteiger partial charge is 0.411 e. The van der Waals surface area contributed by atoms with Gasteiger partial charge >= 0.3 is 0 Å². The van der Waals surface area contributed by atoms with Gasteiger partial charge in [-0.2, -0.15) is 0 Å². The number of hydrogen-bond acceptors (Lipinski definition) is 5. The Bertz CT molecular complexity index is 880. The summed E-state index contributed by atoms with van der Waals surface area (Å²) in [5.41, 5.74) is 2.86. The van der Waals surface area contributed by atoms with E-state index in [4.69, 9.17) is 4.42 Å². The van der Waals surface area contributed by atoms with Gasteiger partial charge in [0.1, 0.15) is 0 Å². The second-order valence-corrected chi connectivity index (χ2v) is 7.16. The number of anilines is 1. The third-order valence-corrected chi connectivity index (χ3v) is 4.98. The maximum Gasteiger partial charge on any atom is 0.277 e. The highest BCUT2D eigenvalue weighted by atomic mass is 32.2. The number of rotatable bonds is 6. The van der Waals surface area contributed by atoms with Crippen molar-refractivity contribution in [3.8, 4) is 11.5 Å². The van der Waals surface area contributed by atoms with Crippen molar-refractivity contribution in [2.45, 2.75) is 31.2 Å². The number of thioether (sulfide) groups is 1. The van der Waals surface area contributed by atoms with Crippen LogP contribution in [0.15, 0.2) is 64.2 Å². The number of aryl methyl sites for hydroxylation is 1. The summed E-state index contributed by atoms with van der Waals surface area (Å²) in [6.07, 6.45) is 0. The fourth-order valence-electron chi connectivity index (χ4n) is 2.67. The predicted octanol–water partition coefficient (Wildman–Crippen LogP) is 4.58. The Kier molecular flexibility index (Phi) is 5.73. The first-order valence-corrected chi connectivity index (χ1v) is 9.40. The van der Waals surface area contributed by atoms with E-state index in [0.717, 1.165) is 16.8 Å². The van der Waals surface area contributed by atoms with Gasteiger partial charge in [-0.1, -0.05) is 48.2 Å². The Hall–Kier alpha value is -2.60. The maximum atomic E-state index is 12.8. The van der Waals surface area contributed by atoms with Crippen molar-refractivity contribution in [3.05, 3.63) is 60.2 Å². The summed E-state index contributed by atoms with van der Waals surface area (Å²) < 4.78 is 5.76. The van der Waals surface area contributed by atoms with Gasteiger partial charge in [-0.3, -0.25) is 4.79 Å². The Morgan fingerprint density at radius 2 is 1.81 bits per heavy atom. The molecular formula is C20H21N3O2S. The molecule has 0 saturated heterocycles. The van der Waals surface area contributed by atoms with Gasteiger partial charge in [0.25, 0.3) is 5.22 Å². The Morgan fingerprint density at radius 1 is 1.12 bits per heavy atom. The molecule has 134 valence electrons. The van der Waals surface area contributed by atoms with Gasteiger partial charge in [-0.05, 0) is 44.5 Å². The van der Waals surface area contributed by atoms with Gasteiger partial charge in [0.2, 0.25) is 11.8 Å². The first-order chi connectivity index (χ1) is 12.6. The molecule has 0 aliphatic heterocycles. The average molecular weight is 367 g/mol. The zero-order valence-electron chi connectivity index (χ0n) is 15.0. The van der Waals surface area contributed by atoms with E-state index in [-0.39, 0.29) is 11.2 Å². The summed E-state index contributed by atoms with van der Waals surface area (Å²) >= 11 is 1.28. The predicted molar refractivity (Wildman–Crippen MR) is 104 cm³/mol. The van der Waals surface area contributed by atoms with E-state index >= 15 is 0 Å². The zero-order valence-corrected chi connectivity index (χ0v) is 15.9. The van der Waals surface area contributed by atoms with Crippen LogP contribution in [0.25, 0.3) is 11.5 Å². The fraction of sp³-hybridized carbons (Fsp3) is 0.250. The molecule has 1 heterocycles. The lowest BCUT2D eigenvalue weighted by Crippen LogP contribution is -2.36. The first kappa shape index (κ1) is 18.2. The topological polar surface area (TPSA) is 59.2 Å². The highest BCUT2D eigenvalue weighted by Crippen LogP contribution is 2.29. The van der Waals surface area contributed by atoms with Crippen LogP contribution in [0.5, 0.6) is 0 Å². The second-order valence-electron chi connectivity index (χ2n) is 5.87. The molecule has 1 atom stereocenters. The molecule has 5 nitrogen and oxygen atoms in total. The van der Waals surface area contributed by atoms with Gasteiger partial charge < -0.3 is 9.32 Å². The summed E-state index contributed by atoms with van der Waals surface area (Å²) in [7, 11) is 0. The van der Waals surface area contributed by atoms with E-state index in [1.165, 1.54) is 11.8 Å². The third kappa shape index (κ3) is 3.96. The molecule has 3 aromatic rings. The lowest BCUT2D eigenvalue weighted by molar-refractivity contribution is -0.117. The van der Waals surface area contributed by atoms with Crippen LogP contribution in [-0.2, 0) is 4.79 Å². The summed E-state index contributed by atoms with van der Waals surface area (Å²) in [5.74, 6) is 0.486. The quantitative estimate of drug-likeness (QED) is 0.597. The van der Waals surface area contributed by atoms with E-state index in [1.54, 1.807) is 4.90 Å². The number of benzene rings is 2. The van der Waals surface area contributed by atoms with Crippen LogP contribution in [0.3, 0.4) is 0 Å². The molecule has 6 heteroatoms. The summed E-state index contributed by atoms with van der Waals surface area (Å²) in [6, 6.07) is 17.5. The molecule has 1 unspecified atom stereocenters. The highest BCUT2D eigenvalue weighted by molar-refractivity contribution is 8.00. The van der Waals surface area contributed by atoms with Crippen molar-refractivity contribution >= 4 is 23.4 Å². The van der Waals surface area contributed by atoms with Crippen molar-refractivity contribution in [3.63, 3.8) is 0 Å². The van der Waals surface area contributed by atoms with Crippen molar-refractivity contribution < 1.29 is 9.21 Å². The Morgan fingerprint density at radius 3 is 2.50 bits per heavy atom. The normalized spacial score (nSPS) is 12.0. The number of hydrogen-bond donors (Lipinski definition) is 0. The Labute approximate surface area is 157 Å². The smallest absolute Gasteiger partial charge is 0.277 e. The average Bonchev–Trinajstić information content (AvgIpc) is 3.11. The third-order valence-electron chi connectivity index (χ3n) is 4.06. The molecule has 0 aliphatic carbocycles. The van der Waals surface area contributed by atoms with E-state index < -0.39 is 0 Å². The van der Waals surface area contributed by atoms with Crippen molar-refractivity contribution in [1.82, 2.24) is 10.2 Å². The zero-order chi connectivity index (χ0) is 18.5. The van der Waals surface area contributed by atoms with Crippen LogP contribution in [0.2, 0.25) is 0 Å². The van der Waals surface area contributed by atoms with Gasteiger partial charge in [0, 0.05) is 17.8 Å². The molecule has 1 aromatic heterocycles. The molecule has 3 rings (SSSR count). The second kappa shape index (κ2) is 8.19. The standard InChI is InChI=1S/C20H21N3O2S/c1-4-23(16-11-6-5-7-12-16)19(24)15(3)26-20-22-21-18(25-20)17-13-9-8-10-14(17)2/h5-13,15H,4H2,1-3H3. The molecule has 0 aliphatic rings. The molecule has 0 spiro atoms. The number of nitrogens with zero attached hydrogens (tertiary/aromatic N) is 3. The van der Waals surface area contributed by atoms with Crippen LogP contribution >= 0.6 is 11.8 Å². The van der Waals surface area contributed by atoms with Gasteiger partial charge in [-0.15, -0.1) is 10.2 Å². The minimum Gasteiger partial charge on any atom is -0.411 e. The molecule has 26 heavy (non-hydrogen) atoms. The van der Waals surface area contributed by atoms with E-state index in [0.29, 0.717) is 17.7 Å². The minimum atomic E-state index is -0.333. The molecular weight excluding hydrogens is 346 g/mol. The van der Waals surface area contributed by atoms with Gasteiger partial charge in [0.05, 0.1) is 5.25 Å². The number of amides is 1. The van der Waals surface area contributed by atoms with E-state index in [1.807, 2.05) is 75.4 Å². The van der Waals surface area contributed by atoms with Crippen LogP contribution in [-0.4, -0.2) is 27.9 Å². The van der Waals surface area contributed by atoms with Crippen LogP contribution in [0.4, 0.5) is 5.69 Å². The number of carbonyl (C=O) groups excluding carboxylic acids is 1. The number of carbonyl (C=O) groups is 1. The van der Waals surface area contributed by atoms with Crippen LogP contribution in [0.1, 0.15) is 19.4 Å². The molecule has 1 amide bonds. The molecule has 0 N–H and O–H groups in total. The lowest BCUT2D eigenvalue weighted by Gasteiger charge is -2.23. The first-order valence-electron chi connectivity index (χ1n) is 8.52. The molecule has 0 radical (unpaired) electrons. The Balaban J connectivity index is 1.73. The van der Waals surface area contributed by atoms with E-state index in [9.17, 15) is 4.79 Å². The van der Waals surface area contributed by atoms with Crippen molar-refractivity contribution in [1.29, 1.82) is 0 Å². The van der Waals surface area contributed by atoms with Crippen molar-refractivity contribution in [2.75, 3.05) is 11.4 Å². The lowest BCUT2D eigenvalue weighted by atomic mass is 10.1. The monoisotopic (exact) mass is 367 g/mol. The number of aromatic nitrogens is 2. The van der Waals surface area contributed by atoms with E-state index in [2.05, 4.69) is 10.2 Å². The van der Waals surface area contributed by atoms with Crippen LogP contribution < -0.4 is 4.90 Å². The van der Waals surface area contributed by atoms with Gasteiger partial charge in [0.15, 0.2) is 0 Å². The summed E-state index contributed by atoms with van der Waals surface area (Å²) in [4.78, 5) is 14.6. The minimum absolute atomic E-state index is 0.0133. The number of para-hydroxylation sites is 1. The van der Waals surface area contributed by atoms with Crippen molar-refractivity contribution in [2.24, 2.45) is 0 Å². The molecule has 0 fully saturated rings. The summed E-state index contributed by atoms with van der Waals surface area (Å²) in [5, 5.41) is 8.27. The molecule has 0 bridgehead atoms. The highest BCUT2D eigenvalue weighted by Gasteiger charge is 2.24. The van der Waals surface area contributed by atoms with Gasteiger partial charge in [-0.25, -0.2) is 0 Å². The maximum absolute atomic E-state index is 12.8. The van der Waals surface area contributed by atoms with Crippen LogP contribution in [0, 0.1) is 6.92 Å².